The van der Waals surface area contributed by atoms with Crippen LogP contribution in [0.15, 0.2) is 29.6 Å². The van der Waals surface area contributed by atoms with Crippen molar-refractivity contribution < 1.29 is 0 Å². The van der Waals surface area contributed by atoms with E-state index in [1.807, 2.05) is 0 Å². The normalized spacial score (nSPS) is 12.8. The zero-order valence-corrected chi connectivity index (χ0v) is 10.8. The van der Waals surface area contributed by atoms with Crippen LogP contribution in [-0.2, 0) is 0 Å². The zero-order valence-electron chi connectivity index (χ0n) is 9.95. The monoisotopic (exact) mass is 231 g/mol. The number of aryl methyl sites for hydroxylation is 3. The van der Waals surface area contributed by atoms with Gasteiger partial charge in [0.2, 0.25) is 0 Å². The van der Waals surface area contributed by atoms with Crippen molar-refractivity contribution in [3.63, 3.8) is 0 Å². The highest BCUT2D eigenvalue weighted by atomic mass is 32.1. The molecule has 0 aliphatic rings. The van der Waals surface area contributed by atoms with Crippen molar-refractivity contribution in [2.45, 2.75) is 26.8 Å². The van der Waals surface area contributed by atoms with Crippen molar-refractivity contribution in [1.82, 2.24) is 0 Å². The fourth-order valence-corrected chi connectivity index (χ4v) is 2.89. The van der Waals surface area contributed by atoms with Crippen LogP contribution in [0.5, 0.6) is 0 Å². The molecule has 0 spiro atoms. The Labute approximate surface area is 101 Å². The lowest BCUT2D eigenvalue weighted by Crippen LogP contribution is -2.13. The summed E-state index contributed by atoms with van der Waals surface area (Å²) in [6.07, 6.45) is 0. The van der Waals surface area contributed by atoms with Crippen LogP contribution in [0.4, 0.5) is 0 Å². The second kappa shape index (κ2) is 4.40. The summed E-state index contributed by atoms with van der Waals surface area (Å²) < 4.78 is 0. The molecular formula is C14H17NS. The van der Waals surface area contributed by atoms with Gasteiger partial charge < -0.3 is 5.73 Å². The van der Waals surface area contributed by atoms with Crippen molar-refractivity contribution >= 4 is 11.3 Å². The first-order valence-corrected chi connectivity index (χ1v) is 6.34. The summed E-state index contributed by atoms with van der Waals surface area (Å²) in [4.78, 5) is 1.27. The Morgan fingerprint density at radius 2 is 1.81 bits per heavy atom. The first-order valence-electron chi connectivity index (χ1n) is 5.46. The van der Waals surface area contributed by atoms with Gasteiger partial charge in [0.1, 0.15) is 0 Å². The van der Waals surface area contributed by atoms with Crippen LogP contribution in [0.2, 0.25) is 0 Å². The van der Waals surface area contributed by atoms with E-state index in [0.29, 0.717) is 0 Å². The molecule has 1 nitrogen and oxygen atoms in total. The summed E-state index contributed by atoms with van der Waals surface area (Å²) >= 11 is 1.74. The molecule has 0 aliphatic carbocycles. The van der Waals surface area contributed by atoms with Crippen LogP contribution in [-0.4, -0.2) is 0 Å². The third kappa shape index (κ3) is 2.04. The van der Waals surface area contributed by atoms with E-state index >= 15 is 0 Å². The standard InChI is InChI=1S/C14H17NS/c1-9-4-5-10(2)12(8-9)13(15)14-11(3)6-7-16-14/h4-8,13H,15H2,1-3H3. The number of rotatable bonds is 2. The smallest absolute Gasteiger partial charge is 0.0651 e. The lowest BCUT2D eigenvalue weighted by atomic mass is 9.97. The molecule has 0 amide bonds. The third-order valence-electron chi connectivity index (χ3n) is 2.95. The fraction of sp³-hybridized carbons (Fsp3) is 0.286. The average molecular weight is 231 g/mol. The second-order valence-electron chi connectivity index (χ2n) is 4.31. The van der Waals surface area contributed by atoms with Gasteiger partial charge in [-0.3, -0.25) is 0 Å². The molecule has 0 bridgehead atoms. The minimum atomic E-state index is 0.0138. The molecule has 1 aromatic carbocycles. The van der Waals surface area contributed by atoms with E-state index < -0.39 is 0 Å². The third-order valence-corrected chi connectivity index (χ3v) is 4.06. The van der Waals surface area contributed by atoms with Crippen molar-refractivity contribution in [3.8, 4) is 0 Å². The Balaban J connectivity index is 2.45. The van der Waals surface area contributed by atoms with Crippen molar-refractivity contribution in [1.29, 1.82) is 0 Å². The van der Waals surface area contributed by atoms with Gasteiger partial charge in [-0.25, -0.2) is 0 Å². The topological polar surface area (TPSA) is 26.0 Å². The summed E-state index contributed by atoms with van der Waals surface area (Å²) in [5, 5.41) is 2.11. The predicted molar refractivity (Wildman–Crippen MR) is 71.0 cm³/mol. The van der Waals surface area contributed by atoms with Crippen LogP contribution in [0.1, 0.15) is 33.2 Å². The molecule has 2 aromatic rings. The Hall–Kier alpha value is -1.12. The van der Waals surface area contributed by atoms with Gasteiger partial charge in [-0.2, -0.15) is 0 Å². The fourth-order valence-electron chi connectivity index (χ4n) is 1.94. The summed E-state index contributed by atoms with van der Waals surface area (Å²) in [7, 11) is 0. The molecule has 0 fully saturated rings. The molecule has 0 saturated heterocycles. The molecule has 0 saturated carbocycles. The van der Waals surface area contributed by atoms with Crippen LogP contribution in [0.25, 0.3) is 0 Å². The summed E-state index contributed by atoms with van der Waals surface area (Å²) in [5.74, 6) is 0. The molecule has 1 atom stereocenters. The number of nitrogens with two attached hydrogens (primary N) is 1. The van der Waals surface area contributed by atoms with Gasteiger partial charge in [0, 0.05) is 4.88 Å². The highest BCUT2D eigenvalue weighted by molar-refractivity contribution is 7.10. The minimum Gasteiger partial charge on any atom is -0.320 e. The molecule has 84 valence electrons. The van der Waals surface area contributed by atoms with Gasteiger partial charge in [-0.1, -0.05) is 23.8 Å². The maximum absolute atomic E-state index is 6.34. The average Bonchev–Trinajstić information content (AvgIpc) is 2.67. The maximum atomic E-state index is 6.34. The van der Waals surface area contributed by atoms with Crippen molar-refractivity contribution in [2.24, 2.45) is 5.73 Å². The summed E-state index contributed by atoms with van der Waals surface area (Å²) in [5.41, 5.74) is 11.4. The lowest BCUT2D eigenvalue weighted by molar-refractivity contribution is 0.873. The predicted octanol–water partition coefficient (Wildman–Crippen LogP) is 3.72. The Kier molecular flexibility index (Phi) is 3.13. The van der Waals surface area contributed by atoms with E-state index in [1.165, 1.54) is 27.1 Å². The van der Waals surface area contributed by atoms with E-state index in [0.717, 1.165) is 0 Å². The van der Waals surface area contributed by atoms with Crippen molar-refractivity contribution in [2.75, 3.05) is 0 Å². The number of benzene rings is 1. The number of hydrogen-bond acceptors (Lipinski definition) is 2. The second-order valence-corrected chi connectivity index (χ2v) is 5.25. The Morgan fingerprint density at radius 3 is 2.44 bits per heavy atom. The first-order chi connectivity index (χ1) is 7.59. The molecule has 16 heavy (non-hydrogen) atoms. The zero-order chi connectivity index (χ0) is 11.7. The Bertz CT molecular complexity index is 499. The van der Waals surface area contributed by atoms with Gasteiger partial charge in [0.25, 0.3) is 0 Å². The molecule has 0 aliphatic heterocycles. The van der Waals surface area contributed by atoms with Gasteiger partial charge in [0.05, 0.1) is 6.04 Å². The maximum Gasteiger partial charge on any atom is 0.0651 e. The minimum absolute atomic E-state index is 0.0138. The quantitative estimate of drug-likeness (QED) is 0.837. The van der Waals surface area contributed by atoms with E-state index in [4.69, 9.17) is 5.73 Å². The molecule has 2 N–H and O–H groups in total. The van der Waals surface area contributed by atoms with E-state index in [-0.39, 0.29) is 6.04 Å². The highest BCUT2D eigenvalue weighted by Gasteiger charge is 2.14. The molecule has 1 unspecified atom stereocenters. The van der Waals surface area contributed by atoms with E-state index in [2.05, 4.69) is 50.4 Å². The number of thiophene rings is 1. The Morgan fingerprint density at radius 1 is 1.06 bits per heavy atom. The highest BCUT2D eigenvalue weighted by Crippen LogP contribution is 2.29. The van der Waals surface area contributed by atoms with Crippen LogP contribution in [0, 0.1) is 20.8 Å². The van der Waals surface area contributed by atoms with Gasteiger partial charge in [0.15, 0.2) is 0 Å². The molecule has 0 radical (unpaired) electrons. The van der Waals surface area contributed by atoms with Crippen LogP contribution < -0.4 is 5.73 Å². The van der Waals surface area contributed by atoms with Crippen LogP contribution >= 0.6 is 11.3 Å². The molecule has 1 heterocycles. The van der Waals surface area contributed by atoms with E-state index in [1.54, 1.807) is 11.3 Å². The number of hydrogen-bond donors (Lipinski definition) is 1. The molecule has 1 aromatic heterocycles. The van der Waals surface area contributed by atoms with Gasteiger partial charge in [-0.05, 0) is 48.9 Å². The summed E-state index contributed by atoms with van der Waals surface area (Å²) in [6.45, 7) is 6.35. The van der Waals surface area contributed by atoms with Gasteiger partial charge in [-0.15, -0.1) is 11.3 Å². The first kappa shape index (κ1) is 11.4. The van der Waals surface area contributed by atoms with Crippen molar-refractivity contribution in [3.05, 3.63) is 56.8 Å². The molecular weight excluding hydrogens is 214 g/mol. The molecule has 2 heteroatoms. The van der Waals surface area contributed by atoms with Crippen LogP contribution in [0.3, 0.4) is 0 Å². The van der Waals surface area contributed by atoms with E-state index in [9.17, 15) is 0 Å². The summed E-state index contributed by atoms with van der Waals surface area (Å²) in [6, 6.07) is 8.62. The largest absolute Gasteiger partial charge is 0.320 e. The van der Waals surface area contributed by atoms with Gasteiger partial charge >= 0.3 is 0 Å². The SMILES string of the molecule is Cc1ccc(C)c(C(N)c2sccc2C)c1. The molecule has 2 rings (SSSR count). The lowest BCUT2D eigenvalue weighted by Gasteiger charge is -2.15.